The van der Waals surface area contributed by atoms with Crippen molar-refractivity contribution >= 4 is 40.3 Å². The Balaban J connectivity index is 1.83. The molecule has 0 radical (unpaired) electrons. The minimum atomic E-state index is -4.76. The maximum atomic E-state index is 12.3. The molecule has 0 unspecified atom stereocenters. The van der Waals surface area contributed by atoms with Crippen molar-refractivity contribution in [2.75, 3.05) is 0 Å². The molecule has 0 bridgehead atoms. The Morgan fingerprint density at radius 3 is 2.71 bits per heavy atom. The van der Waals surface area contributed by atoms with Crippen molar-refractivity contribution in [3.05, 3.63) is 47.1 Å². The minimum absolute atomic E-state index is 0.316. The Bertz CT molecular complexity index is 842. The molecule has 1 aromatic carbocycles. The first-order chi connectivity index (χ1) is 11.3. The van der Waals surface area contributed by atoms with Crippen LogP contribution < -0.4 is 10.1 Å². The number of ether oxygens (including phenoxy) is 1. The van der Waals surface area contributed by atoms with Gasteiger partial charge in [-0.25, -0.2) is 0 Å². The van der Waals surface area contributed by atoms with Crippen LogP contribution in [-0.4, -0.2) is 16.6 Å². The van der Waals surface area contributed by atoms with Gasteiger partial charge in [0.1, 0.15) is 21.6 Å². The summed E-state index contributed by atoms with van der Waals surface area (Å²) in [5.41, 5.74) is 0.417. The van der Waals surface area contributed by atoms with Crippen molar-refractivity contribution in [1.29, 1.82) is 0 Å². The van der Waals surface area contributed by atoms with Gasteiger partial charge in [-0.15, -0.1) is 13.2 Å². The van der Waals surface area contributed by atoms with E-state index < -0.39 is 6.36 Å². The van der Waals surface area contributed by atoms with Gasteiger partial charge in [-0.05, 0) is 24.3 Å². The summed E-state index contributed by atoms with van der Waals surface area (Å²) >= 11 is 5.99. The second-order valence-corrected chi connectivity index (χ2v) is 6.35. The van der Waals surface area contributed by atoms with Crippen LogP contribution in [0.15, 0.2) is 45.7 Å². The lowest BCUT2D eigenvalue weighted by Gasteiger charge is -2.09. The van der Waals surface area contributed by atoms with Gasteiger partial charge in [0.2, 0.25) is 0 Å². The van der Waals surface area contributed by atoms with Crippen LogP contribution in [-0.2, 0) is 4.79 Å². The Morgan fingerprint density at radius 1 is 1.25 bits per heavy atom. The third-order valence-electron chi connectivity index (χ3n) is 2.89. The van der Waals surface area contributed by atoms with Crippen LogP contribution in [0, 0.1) is 0 Å². The monoisotopic (exact) mass is 371 g/mol. The Labute approximate surface area is 143 Å². The fourth-order valence-electron chi connectivity index (χ4n) is 1.98. The number of nitrogens with one attached hydrogen (secondary N) is 1. The lowest BCUT2D eigenvalue weighted by atomic mass is 10.1. The fraction of sp³-hybridized carbons (Fsp3) is 0.0667. The Kier molecular flexibility index (Phi) is 4.37. The predicted octanol–water partition coefficient (Wildman–Crippen LogP) is 4.33. The fourth-order valence-corrected chi connectivity index (χ4v) is 3.01. The van der Waals surface area contributed by atoms with Gasteiger partial charge >= 0.3 is 6.36 Å². The molecule has 2 aromatic rings. The molecule has 24 heavy (non-hydrogen) atoms. The van der Waals surface area contributed by atoms with Gasteiger partial charge in [0.05, 0.1) is 4.91 Å². The van der Waals surface area contributed by atoms with Gasteiger partial charge in [-0.1, -0.05) is 36.1 Å². The largest absolute Gasteiger partial charge is 0.573 e. The zero-order chi connectivity index (χ0) is 17.3. The number of thioether (sulfide) groups is 1. The molecule has 9 heteroatoms. The summed E-state index contributed by atoms with van der Waals surface area (Å²) in [5, 5.41) is 2.48. The number of furan rings is 1. The summed E-state index contributed by atoms with van der Waals surface area (Å²) in [5.74, 6) is 0.0749. The summed E-state index contributed by atoms with van der Waals surface area (Å²) in [6.07, 6.45) is -3.25. The standard InChI is InChI=1S/C15H8F3NO3S2/c16-15(17,18)22-10-3-1-2-8(6-10)11-5-4-9(21-11)7-12-13(20)19-14(23)24-12/h1-7H,(H,19,20,23)/b12-7+. The number of amides is 1. The molecule has 1 amide bonds. The number of halogens is 3. The predicted molar refractivity (Wildman–Crippen MR) is 87.1 cm³/mol. The van der Waals surface area contributed by atoms with E-state index in [-0.39, 0.29) is 11.7 Å². The number of alkyl halides is 3. The van der Waals surface area contributed by atoms with E-state index in [1.807, 2.05) is 0 Å². The average molecular weight is 371 g/mol. The van der Waals surface area contributed by atoms with Crippen molar-refractivity contribution in [2.45, 2.75) is 6.36 Å². The van der Waals surface area contributed by atoms with Crippen LogP contribution in [0.2, 0.25) is 0 Å². The molecule has 2 heterocycles. The first kappa shape index (κ1) is 16.6. The Morgan fingerprint density at radius 2 is 2.04 bits per heavy atom. The second-order valence-electron chi connectivity index (χ2n) is 4.63. The van der Waals surface area contributed by atoms with E-state index in [1.54, 1.807) is 18.2 Å². The summed E-state index contributed by atoms with van der Waals surface area (Å²) in [6.45, 7) is 0. The van der Waals surface area contributed by atoms with E-state index in [2.05, 4.69) is 10.1 Å². The summed E-state index contributed by atoms with van der Waals surface area (Å²) in [7, 11) is 0. The molecule has 0 spiro atoms. The molecular formula is C15H8F3NO3S2. The molecule has 1 aliphatic rings. The van der Waals surface area contributed by atoms with E-state index in [4.69, 9.17) is 16.6 Å². The number of carbonyl (C=O) groups is 1. The van der Waals surface area contributed by atoms with Gasteiger partial charge in [-0.2, -0.15) is 0 Å². The lowest BCUT2D eigenvalue weighted by molar-refractivity contribution is -0.274. The molecule has 1 N–H and O–H groups in total. The molecule has 1 saturated heterocycles. The SMILES string of the molecule is O=C1NC(=S)S/C1=C/c1ccc(-c2cccc(OC(F)(F)F)c2)o1. The Hall–Kier alpha value is -2.26. The van der Waals surface area contributed by atoms with Crippen LogP contribution in [0.25, 0.3) is 17.4 Å². The van der Waals surface area contributed by atoms with E-state index >= 15 is 0 Å². The first-order valence-corrected chi connectivity index (χ1v) is 7.73. The third-order valence-corrected chi connectivity index (χ3v) is 4.06. The highest BCUT2D eigenvalue weighted by molar-refractivity contribution is 8.26. The van der Waals surface area contributed by atoms with Crippen LogP contribution in [0.4, 0.5) is 13.2 Å². The van der Waals surface area contributed by atoms with Gasteiger partial charge in [0.25, 0.3) is 5.91 Å². The molecule has 1 aromatic heterocycles. The van der Waals surface area contributed by atoms with Crippen molar-refractivity contribution in [2.24, 2.45) is 0 Å². The number of hydrogen-bond donors (Lipinski definition) is 1. The normalized spacial score (nSPS) is 16.5. The minimum Gasteiger partial charge on any atom is -0.457 e. The molecule has 124 valence electrons. The molecule has 4 nitrogen and oxygen atoms in total. The van der Waals surface area contributed by atoms with Crippen LogP contribution in [0.3, 0.4) is 0 Å². The topological polar surface area (TPSA) is 51.5 Å². The number of thiocarbonyl (C=S) groups is 1. The average Bonchev–Trinajstić information content (AvgIpc) is 3.05. The zero-order valence-electron chi connectivity index (χ0n) is 11.7. The van der Waals surface area contributed by atoms with Crippen molar-refractivity contribution in [1.82, 2.24) is 5.32 Å². The third kappa shape index (κ3) is 3.98. The smallest absolute Gasteiger partial charge is 0.457 e. The van der Waals surface area contributed by atoms with Crippen molar-refractivity contribution in [3.8, 4) is 17.1 Å². The number of rotatable bonds is 3. The first-order valence-electron chi connectivity index (χ1n) is 6.51. The number of benzene rings is 1. The lowest BCUT2D eigenvalue weighted by Crippen LogP contribution is -2.17. The van der Waals surface area contributed by atoms with Gasteiger partial charge < -0.3 is 14.5 Å². The maximum absolute atomic E-state index is 12.3. The second kappa shape index (κ2) is 6.33. The summed E-state index contributed by atoms with van der Waals surface area (Å²) in [4.78, 5) is 12.0. The van der Waals surface area contributed by atoms with Crippen LogP contribution >= 0.6 is 24.0 Å². The summed E-state index contributed by atoms with van der Waals surface area (Å²) in [6, 6.07) is 8.63. The molecular weight excluding hydrogens is 363 g/mol. The number of hydrogen-bond acceptors (Lipinski definition) is 5. The molecule has 3 rings (SSSR count). The van der Waals surface area contributed by atoms with Crippen molar-refractivity contribution < 1.29 is 27.1 Å². The molecule has 0 saturated carbocycles. The van der Waals surface area contributed by atoms with E-state index in [9.17, 15) is 18.0 Å². The highest BCUT2D eigenvalue weighted by Crippen LogP contribution is 2.31. The van der Waals surface area contributed by atoms with E-state index in [0.717, 1.165) is 11.8 Å². The van der Waals surface area contributed by atoms with Crippen LogP contribution in [0.1, 0.15) is 5.76 Å². The molecule has 0 aliphatic carbocycles. The maximum Gasteiger partial charge on any atom is 0.573 e. The van der Waals surface area contributed by atoms with Gasteiger partial charge in [0, 0.05) is 11.6 Å². The molecule has 1 fully saturated rings. The molecule has 0 atom stereocenters. The highest BCUT2D eigenvalue weighted by Gasteiger charge is 2.31. The molecule has 1 aliphatic heterocycles. The van der Waals surface area contributed by atoms with Crippen molar-refractivity contribution in [3.63, 3.8) is 0 Å². The van der Waals surface area contributed by atoms with Crippen LogP contribution in [0.5, 0.6) is 5.75 Å². The van der Waals surface area contributed by atoms with Gasteiger partial charge in [0.15, 0.2) is 0 Å². The van der Waals surface area contributed by atoms with Gasteiger partial charge in [-0.3, -0.25) is 4.79 Å². The highest BCUT2D eigenvalue weighted by atomic mass is 32.2. The quantitative estimate of drug-likeness (QED) is 0.643. The summed E-state index contributed by atoms with van der Waals surface area (Å²) < 4.78 is 46.6. The zero-order valence-corrected chi connectivity index (χ0v) is 13.3. The van der Waals surface area contributed by atoms with E-state index in [0.29, 0.717) is 26.3 Å². The van der Waals surface area contributed by atoms with E-state index in [1.165, 1.54) is 24.3 Å². The number of carbonyl (C=O) groups excluding carboxylic acids is 1.